The van der Waals surface area contributed by atoms with Gasteiger partial charge in [0.15, 0.2) is 0 Å². The van der Waals surface area contributed by atoms with Gasteiger partial charge in [0.25, 0.3) is 0 Å². The van der Waals surface area contributed by atoms with E-state index < -0.39 is 12.1 Å². The fourth-order valence-corrected chi connectivity index (χ4v) is 1.60. The molecular weight excluding hydrogens is 184 g/mol. The fraction of sp³-hybridized carbons (Fsp3) is 0.556. The van der Waals surface area contributed by atoms with Gasteiger partial charge in [-0.05, 0) is 20.8 Å². The number of aromatic nitrogens is 2. The van der Waals surface area contributed by atoms with E-state index in [1.165, 1.54) is 4.68 Å². The summed E-state index contributed by atoms with van der Waals surface area (Å²) >= 11 is 0. The number of hydrogen-bond acceptors (Lipinski definition) is 3. The smallest absolute Gasteiger partial charge is 0.325 e. The minimum absolute atomic E-state index is 0.167. The summed E-state index contributed by atoms with van der Waals surface area (Å²) in [4.78, 5) is 10.5. The van der Waals surface area contributed by atoms with Crippen LogP contribution in [-0.4, -0.2) is 26.0 Å². The van der Waals surface area contributed by atoms with Gasteiger partial charge in [-0.15, -0.1) is 0 Å². The molecular formula is C9H14N2O3. The molecule has 0 bridgehead atoms. The highest BCUT2D eigenvalue weighted by Crippen LogP contribution is 2.20. The molecule has 0 aromatic carbocycles. The van der Waals surface area contributed by atoms with Gasteiger partial charge in [0.1, 0.15) is 6.54 Å². The molecule has 1 aromatic rings. The molecule has 0 fully saturated rings. The molecule has 5 heteroatoms. The van der Waals surface area contributed by atoms with Crippen LogP contribution in [0.4, 0.5) is 0 Å². The Morgan fingerprint density at radius 3 is 2.50 bits per heavy atom. The number of hydrogen-bond donors (Lipinski definition) is 2. The number of carboxylic acid groups (broad SMARTS) is 1. The third-order valence-electron chi connectivity index (χ3n) is 2.14. The van der Waals surface area contributed by atoms with Gasteiger partial charge < -0.3 is 10.2 Å². The lowest BCUT2D eigenvalue weighted by molar-refractivity contribution is -0.137. The SMILES string of the molecule is Cc1nn(CC(=O)O)c(C)c1[C@H](C)O. The van der Waals surface area contributed by atoms with Gasteiger partial charge in [-0.1, -0.05) is 0 Å². The number of carboxylic acids is 1. The van der Waals surface area contributed by atoms with E-state index in [0.717, 1.165) is 0 Å². The lowest BCUT2D eigenvalue weighted by atomic mass is 10.1. The Morgan fingerprint density at radius 2 is 2.14 bits per heavy atom. The van der Waals surface area contributed by atoms with E-state index in [2.05, 4.69) is 5.10 Å². The highest BCUT2D eigenvalue weighted by molar-refractivity contribution is 5.66. The highest BCUT2D eigenvalue weighted by Gasteiger charge is 2.16. The molecule has 0 radical (unpaired) electrons. The molecule has 0 aliphatic rings. The van der Waals surface area contributed by atoms with Gasteiger partial charge in [-0.2, -0.15) is 5.10 Å². The molecule has 0 saturated heterocycles. The van der Waals surface area contributed by atoms with E-state index in [1.807, 2.05) is 0 Å². The van der Waals surface area contributed by atoms with Crippen molar-refractivity contribution in [3.05, 3.63) is 17.0 Å². The van der Waals surface area contributed by atoms with E-state index in [4.69, 9.17) is 5.11 Å². The molecule has 5 nitrogen and oxygen atoms in total. The Kier molecular flexibility index (Phi) is 2.90. The molecule has 1 heterocycles. The standard InChI is InChI=1S/C9H14N2O3/c1-5-9(7(3)12)6(2)11(10-5)4-8(13)14/h7,12H,4H2,1-3H3,(H,13,14)/t7-/m0/s1. The summed E-state index contributed by atoms with van der Waals surface area (Å²) in [6.45, 7) is 4.99. The second kappa shape index (κ2) is 3.79. The van der Waals surface area contributed by atoms with Crippen LogP contribution in [0.25, 0.3) is 0 Å². The number of aliphatic carboxylic acids is 1. The summed E-state index contributed by atoms with van der Waals surface area (Å²) in [6, 6.07) is 0. The van der Waals surface area contributed by atoms with Crippen molar-refractivity contribution in [1.82, 2.24) is 9.78 Å². The Labute approximate surface area is 82.0 Å². The van der Waals surface area contributed by atoms with Crippen LogP contribution in [0.3, 0.4) is 0 Å². The molecule has 0 amide bonds. The van der Waals surface area contributed by atoms with Crippen molar-refractivity contribution in [3.63, 3.8) is 0 Å². The minimum Gasteiger partial charge on any atom is -0.480 e. The molecule has 0 spiro atoms. The molecule has 1 aromatic heterocycles. The van der Waals surface area contributed by atoms with Crippen LogP contribution in [0, 0.1) is 13.8 Å². The number of rotatable bonds is 3. The quantitative estimate of drug-likeness (QED) is 0.747. The lowest BCUT2D eigenvalue weighted by Crippen LogP contribution is -2.11. The van der Waals surface area contributed by atoms with E-state index in [1.54, 1.807) is 20.8 Å². The second-order valence-corrected chi connectivity index (χ2v) is 3.31. The Hall–Kier alpha value is -1.36. The highest BCUT2D eigenvalue weighted by atomic mass is 16.4. The third-order valence-corrected chi connectivity index (χ3v) is 2.14. The number of carbonyl (C=O) groups is 1. The summed E-state index contributed by atoms with van der Waals surface area (Å²) < 4.78 is 1.39. The molecule has 14 heavy (non-hydrogen) atoms. The first-order valence-corrected chi connectivity index (χ1v) is 4.37. The van der Waals surface area contributed by atoms with Crippen molar-refractivity contribution in [2.24, 2.45) is 0 Å². The van der Waals surface area contributed by atoms with E-state index in [0.29, 0.717) is 17.0 Å². The van der Waals surface area contributed by atoms with Crippen molar-refractivity contribution in [2.45, 2.75) is 33.4 Å². The first-order valence-electron chi connectivity index (χ1n) is 4.37. The maximum atomic E-state index is 10.5. The normalized spacial score (nSPS) is 12.9. The minimum atomic E-state index is -0.937. The third kappa shape index (κ3) is 1.93. The van der Waals surface area contributed by atoms with Crippen LogP contribution in [0.1, 0.15) is 30.0 Å². The van der Waals surface area contributed by atoms with Crippen molar-refractivity contribution in [1.29, 1.82) is 0 Å². The Bertz CT molecular complexity index is 355. The van der Waals surface area contributed by atoms with Crippen LogP contribution in [0.15, 0.2) is 0 Å². The van der Waals surface area contributed by atoms with E-state index >= 15 is 0 Å². The molecule has 1 rings (SSSR count). The summed E-state index contributed by atoms with van der Waals surface area (Å²) in [5.41, 5.74) is 2.10. The van der Waals surface area contributed by atoms with Crippen LogP contribution < -0.4 is 0 Å². The summed E-state index contributed by atoms with van der Waals surface area (Å²) in [6.07, 6.45) is -0.613. The van der Waals surface area contributed by atoms with Crippen LogP contribution in [-0.2, 0) is 11.3 Å². The molecule has 0 aliphatic carbocycles. The maximum Gasteiger partial charge on any atom is 0.325 e. The van der Waals surface area contributed by atoms with Gasteiger partial charge in [0, 0.05) is 11.3 Å². The van der Waals surface area contributed by atoms with Gasteiger partial charge in [-0.3, -0.25) is 9.48 Å². The van der Waals surface area contributed by atoms with Crippen molar-refractivity contribution in [2.75, 3.05) is 0 Å². The molecule has 78 valence electrons. The van der Waals surface area contributed by atoms with Crippen molar-refractivity contribution >= 4 is 5.97 Å². The summed E-state index contributed by atoms with van der Waals surface area (Å²) in [5.74, 6) is -0.937. The zero-order valence-corrected chi connectivity index (χ0v) is 8.48. The van der Waals surface area contributed by atoms with Crippen LogP contribution in [0.2, 0.25) is 0 Å². The molecule has 0 unspecified atom stereocenters. The van der Waals surface area contributed by atoms with Gasteiger partial charge in [0.05, 0.1) is 11.8 Å². The first kappa shape index (κ1) is 10.7. The number of aliphatic hydroxyl groups excluding tert-OH is 1. The molecule has 1 atom stereocenters. The van der Waals surface area contributed by atoms with E-state index in [-0.39, 0.29) is 6.54 Å². The zero-order valence-electron chi connectivity index (χ0n) is 8.48. The topological polar surface area (TPSA) is 75.4 Å². The monoisotopic (exact) mass is 198 g/mol. The average Bonchev–Trinajstić information content (AvgIpc) is 2.25. The van der Waals surface area contributed by atoms with Gasteiger partial charge >= 0.3 is 5.97 Å². The molecule has 0 saturated carbocycles. The molecule has 2 N–H and O–H groups in total. The van der Waals surface area contributed by atoms with Crippen molar-refractivity contribution in [3.8, 4) is 0 Å². The molecule has 0 aliphatic heterocycles. The predicted octanol–water partition coefficient (Wildman–Crippen LogP) is 0.638. The van der Waals surface area contributed by atoms with Crippen LogP contribution in [0.5, 0.6) is 0 Å². The summed E-state index contributed by atoms with van der Waals surface area (Å²) in [7, 11) is 0. The fourth-order valence-electron chi connectivity index (χ4n) is 1.60. The van der Waals surface area contributed by atoms with Gasteiger partial charge in [0.2, 0.25) is 0 Å². The number of aryl methyl sites for hydroxylation is 1. The Morgan fingerprint density at radius 1 is 1.57 bits per heavy atom. The largest absolute Gasteiger partial charge is 0.480 e. The second-order valence-electron chi connectivity index (χ2n) is 3.31. The first-order chi connectivity index (χ1) is 6.43. The Balaban J connectivity index is 3.10. The number of aliphatic hydroxyl groups is 1. The number of nitrogens with zero attached hydrogens (tertiary/aromatic N) is 2. The average molecular weight is 198 g/mol. The predicted molar refractivity (Wildman–Crippen MR) is 50.0 cm³/mol. The lowest BCUT2D eigenvalue weighted by Gasteiger charge is -2.04. The van der Waals surface area contributed by atoms with Crippen molar-refractivity contribution < 1.29 is 15.0 Å². The zero-order chi connectivity index (χ0) is 10.9. The van der Waals surface area contributed by atoms with Crippen LogP contribution >= 0.6 is 0 Å². The van der Waals surface area contributed by atoms with E-state index in [9.17, 15) is 9.90 Å². The maximum absolute atomic E-state index is 10.5. The van der Waals surface area contributed by atoms with Gasteiger partial charge in [-0.25, -0.2) is 0 Å². The summed E-state index contributed by atoms with van der Waals surface area (Å²) in [5, 5.41) is 22.1.